The molecule has 0 atom stereocenters. The van der Waals surface area contributed by atoms with Gasteiger partial charge in [0.05, 0.1) is 6.07 Å². The predicted octanol–water partition coefficient (Wildman–Crippen LogP) is -0.0868. The number of hydrogen-bond acceptors (Lipinski definition) is 2. The quantitative estimate of drug-likeness (QED) is 0.403. The van der Waals surface area contributed by atoms with Crippen LogP contribution in [0.2, 0.25) is 0 Å². The Labute approximate surface area is 30.0 Å². The molecule has 0 fully saturated rings. The van der Waals surface area contributed by atoms with Crippen LogP contribution in [0.4, 0.5) is 0 Å². The molecule has 0 heterocycles. The number of hydrogen-bond donors (Lipinski definition) is 0. The number of carbonyl (C=O) groups excluding carboxylic acids is 1. The SMILES string of the molecule is N#C[CH]C=O. The Morgan fingerprint density at radius 3 is 2.40 bits per heavy atom. The van der Waals surface area contributed by atoms with E-state index in [0.29, 0.717) is 6.29 Å². The van der Waals surface area contributed by atoms with E-state index >= 15 is 0 Å². The Morgan fingerprint density at radius 2 is 2.40 bits per heavy atom. The Kier molecular flexibility index (Phi) is 2.63. The van der Waals surface area contributed by atoms with Gasteiger partial charge in [0.15, 0.2) is 0 Å². The van der Waals surface area contributed by atoms with Crippen LogP contribution in [0.3, 0.4) is 0 Å². The minimum atomic E-state index is 0.444. The van der Waals surface area contributed by atoms with Gasteiger partial charge in [-0.15, -0.1) is 0 Å². The molecule has 0 unspecified atom stereocenters. The smallest absolute Gasteiger partial charge is 0.138 e. The molecule has 0 saturated carbocycles. The summed E-state index contributed by atoms with van der Waals surface area (Å²) in [7, 11) is 0. The van der Waals surface area contributed by atoms with Crippen molar-refractivity contribution in [2.75, 3.05) is 0 Å². The third-order valence-corrected chi connectivity index (χ3v) is 0.143. The molecule has 0 aromatic carbocycles. The van der Waals surface area contributed by atoms with Gasteiger partial charge in [0.2, 0.25) is 0 Å². The molecule has 0 rings (SSSR count). The molecule has 0 aromatic heterocycles. The van der Waals surface area contributed by atoms with Crippen LogP contribution in [0.5, 0.6) is 0 Å². The van der Waals surface area contributed by atoms with Crippen LogP contribution in [-0.2, 0) is 4.79 Å². The van der Waals surface area contributed by atoms with Gasteiger partial charge in [0.1, 0.15) is 12.7 Å². The number of carbonyl (C=O) groups is 1. The number of nitrogens with zero attached hydrogens (tertiary/aromatic N) is 1. The highest BCUT2D eigenvalue weighted by Crippen LogP contribution is 1.52. The first kappa shape index (κ1) is 4.16. The van der Waals surface area contributed by atoms with Gasteiger partial charge in [-0.3, -0.25) is 0 Å². The standard InChI is InChI=1S/C3H2NO/c4-2-1-3-5/h1,3H. The fraction of sp³-hybridized carbons (Fsp3) is 0. The van der Waals surface area contributed by atoms with E-state index < -0.39 is 0 Å². The molecule has 0 bridgehead atoms. The molecule has 1 radical (unpaired) electrons. The summed E-state index contributed by atoms with van der Waals surface area (Å²) in [6, 6.07) is 1.52. The lowest BCUT2D eigenvalue weighted by Crippen LogP contribution is -1.62. The molecule has 0 aromatic rings. The first-order valence-electron chi connectivity index (χ1n) is 1.08. The number of aldehydes is 1. The highest BCUT2D eigenvalue weighted by atomic mass is 16.1. The first-order chi connectivity index (χ1) is 2.41. The zero-order valence-electron chi connectivity index (χ0n) is 2.51. The van der Waals surface area contributed by atoms with E-state index in [4.69, 9.17) is 10.1 Å². The Morgan fingerprint density at radius 1 is 1.80 bits per heavy atom. The van der Waals surface area contributed by atoms with Gasteiger partial charge in [-0.2, -0.15) is 5.26 Å². The fourth-order valence-corrected chi connectivity index (χ4v) is 0.0304. The van der Waals surface area contributed by atoms with Gasteiger partial charge >= 0.3 is 0 Å². The summed E-state index contributed by atoms with van der Waals surface area (Å²) in [6.45, 7) is 0. The van der Waals surface area contributed by atoms with Crippen molar-refractivity contribution in [3.63, 3.8) is 0 Å². The predicted molar refractivity (Wildman–Crippen MR) is 16.0 cm³/mol. The van der Waals surface area contributed by atoms with Crippen molar-refractivity contribution < 1.29 is 4.79 Å². The molecule has 0 spiro atoms. The molecule has 0 amide bonds. The van der Waals surface area contributed by atoms with Gasteiger partial charge < -0.3 is 4.79 Å². The van der Waals surface area contributed by atoms with Gasteiger partial charge in [0, 0.05) is 0 Å². The van der Waals surface area contributed by atoms with Crippen LogP contribution in [0.25, 0.3) is 0 Å². The Bertz CT molecular complexity index is 61.8. The molecular weight excluding hydrogens is 66.0 g/mol. The Balaban J connectivity index is 2.75. The average molecular weight is 68.1 g/mol. The van der Waals surface area contributed by atoms with Crippen molar-refractivity contribution in [2.24, 2.45) is 0 Å². The zero-order chi connectivity index (χ0) is 4.12. The lowest BCUT2D eigenvalue weighted by atomic mass is 10.5. The summed E-state index contributed by atoms with van der Waals surface area (Å²) in [4.78, 5) is 9.13. The molecule has 0 N–H and O–H groups in total. The van der Waals surface area contributed by atoms with Crippen molar-refractivity contribution in [3.8, 4) is 6.07 Å². The van der Waals surface area contributed by atoms with Gasteiger partial charge in [-0.05, 0) is 0 Å². The lowest BCUT2D eigenvalue weighted by Gasteiger charge is -1.48. The van der Waals surface area contributed by atoms with Crippen LogP contribution in [0, 0.1) is 17.8 Å². The molecule has 2 nitrogen and oxygen atoms in total. The molecule has 2 heteroatoms. The molecule has 0 aliphatic rings. The van der Waals surface area contributed by atoms with Crippen LogP contribution in [0.1, 0.15) is 0 Å². The summed E-state index contributed by atoms with van der Waals surface area (Å²) in [5.41, 5.74) is 0. The van der Waals surface area contributed by atoms with Crippen molar-refractivity contribution in [2.45, 2.75) is 0 Å². The monoisotopic (exact) mass is 68.0 g/mol. The van der Waals surface area contributed by atoms with Crippen LogP contribution < -0.4 is 0 Å². The number of nitriles is 1. The highest BCUT2D eigenvalue weighted by molar-refractivity contribution is 5.65. The van der Waals surface area contributed by atoms with Gasteiger partial charge in [-0.25, -0.2) is 0 Å². The van der Waals surface area contributed by atoms with E-state index in [-0.39, 0.29) is 0 Å². The Hall–Kier alpha value is -0.840. The minimum absolute atomic E-state index is 0.444. The second-order valence-corrected chi connectivity index (χ2v) is 0.432. The average Bonchev–Trinajstić information content (AvgIpc) is 1.41. The first-order valence-corrected chi connectivity index (χ1v) is 1.08. The maximum Gasteiger partial charge on any atom is 0.138 e. The molecular formula is C3H2NO. The lowest BCUT2D eigenvalue weighted by molar-refractivity contribution is -0.104. The molecule has 0 saturated heterocycles. The normalized spacial score (nSPS) is 5.40. The van der Waals surface area contributed by atoms with Crippen molar-refractivity contribution in [3.05, 3.63) is 6.42 Å². The van der Waals surface area contributed by atoms with E-state index in [1.165, 1.54) is 6.07 Å². The summed E-state index contributed by atoms with van der Waals surface area (Å²) in [6.07, 6.45) is 1.32. The second-order valence-electron chi connectivity index (χ2n) is 0.432. The second kappa shape index (κ2) is 3.16. The van der Waals surface area contributed by atoms with E-state index in [1.54, 1.807) is 0 Å². The molecule has 0 aliphatic heterocycles. The third-order valence-electron chi connectivity index (χ3n) is 0.143. The van der Waals surface area contributed by atoms with Crippen molar-refractivity contribution >= 4 is 6.29 Å². The summed E-state index contributed by atoms with van der Waals surface area (Å²) < 4.78 is 0. The maximum absolute atomic E-state index is 9.13. The topological polar surface area (TPSA) is 40.9 Å². The largest absolute Gasteiger partial charge is 0.302 e. The van der Waals surface area contributed by atoms with Gasteiger partial charge in [0.25, 0.3) is 0 Å². The van der Waals surface area contributed by atoms with Crippen LogP contribution in [0.15, 0.2) is 0 Å². The van der Waals surface area contributed by atoms with Crippen LogP contribution in [-0.4, -0.2) is 6.29 Å². The molecule has 5 heavy (non-hydrogen) atoms. The number of rotatable bonds is 1. The molecule has 0 aliphatic carbocycles. The van der Waals surface area contributed by atoms with Gasteiger partial charge in [-0.1, -0.05) is 0 Å². The van der Waals surface area contributed by atoms with Crippen molar-refractivity contribution in [1.82, 2.24) is 0 Å². The highest BCUT2D eigenvalue weighted by Gasteiger charge is 1.65. The summed E-state index contributed by atoms with van der Waals surface area (Å²) >= 11 is 0. The minimum Gasteiger partial charge on any atom is -0.302 e. The third kappa shape index (κ3) is 3.16. The van der Waals surface area contributed by atoms with E-state index in [2.05, 4.69) is 0 Å². The van der Waals surface area contributed by atoms with E-state index in [0.717, 1.165) is 6.42 Å². The fourth-order valence-electron chi connectivity index (χ4n) is 0.0304. The summed E-state index contributed by atoms with van der Waals surface area (Å²) in [5, 5.41) is 7.53. The van der Waals surface area contributed by atoms with E-state index in [1.807, 2.05) is 0 Å². The van der Waals surface area contributed by atoms with Crippen molar-refractivity contribution in [1.29, 1.82) is 5.26 Å². The summed E-state index contributed by atoms with van der Waals surface area (Å²) in [5.74, 6) is 0. The molecule has 25 valence electrons. The maximum atomic E-state index is 9.13. The zero-order valence-corrected chi connectivity index (χ0v) is 2.51. The van der Waals surface area contributed by atoms with Crippen LogP contribution >= 0.6 is 0 Å². The van der Waals surface area contributed by atoms with E-state index in [9.17, 15) is 0 Å².